The second-order valence-corrected chi connectivity index (χ2v) is 8.45. The van der Waals surface area contributed by atoms with E-state index >= 15 is 0 Å². The highest BCUT2D eigenvalue weighted by Crippen LogP contribution is 2.49. The Morgan fingerprint density at radius 2 is 2.06 bits per heavy atom. The van der Waals surface area contributed by atoms with Gasteiger partial charge in [-0.2, -0.15) is 8.78 Å². The van der Waals surface area contributed by atoms with Gasteiger partial charge in [0.15, 0.2) is 0 Å². The number of carbonyl (C=O) groups is 1. The Bertz CT molecular complexity index is 1320. The average molecular weight is 434 g/mol. The predicted octanol–water partition coefficient (Wildman–Crippen LogP) is 3.33. The van der Waals surface area contributed by atoms with E-state index in [1.54, 1.807) is 24.1 Å². The number of nitrogens with zero attached hydrogens (tertiary/aromatic N) is 3. The Morgan fingerprint density at radius 1 is 1.22 bits per heavy atom. The molecule has 162 valence electrons. The van der Waals surface area contributed by atoms with E-state index in [9.17, 15) is 13.6 Å². The summed E-state index contributed by atoms with van der Waals surface area (Å²) in [6.45, 7) is -1.16. The lowest BCUT2D eigenvalue weighted by Crippen LogP contribution is -2.40. The third-order valence-electron chi connectivity index (χ3n) is 6.61. The number of ether oxygens (including phenoxy) is 1. The second-order valence-electron chi connectivity index (χ2n) is 8.45. The second kappa shape index (κ2) is 7.04. The van der Waals surface area contributed by atoms with E-state index in [2.05, 4.69) is 21.7 Å². The summed E-state index contributed by atoms with van der Waals surface area (Å²) in [5.41, 5.74) is 3.43. The number of hydrogen-bond donors (Lipinski definition) is 1. The van der Waals surface area contributed by atoms with Crippen LogP contribution in [0.15, 0.2) is 36.4 Å². The van der Waals surface area contributed by atoms with E-state index in [0.717, 1.165) is 35.5 Å². The molecular weight excluding hydrogens is 414 g/mol. The summed E-state index contributed by atoms with van der Waals surface area (Å²) in [5.74, 6) is 7.46. The lowest BCUT2D eigenvalue weighted by atomic mass is 9.97. The number of halogens is 2. The Labute approximate surface area is 183 Å². The highest BCUT2D eigenvalue weighted by Gasteiger charge is 2.45. The van der Waals surface area contributed by atoms with E-state index in [1.807, 2.05) is 18.2 Å². The average Bonchev–Trinajstić information content (AvgIpc) is 3.25. The summed E-state index contributed by atoms with van der Waals surface area (Å²) in [7, 11) is 1.73. The van der Waals surface area contributed by atoms with E-state index in [0.29, 0.717) is 23.5 Å². The van der Waals surface area contributed by atoms with Gasteiger partial charge < -0.3 is 19.5 Å². The number of carbonyl (C=O) groups excluding carboxylic acids is 1. The van der Waals surface area contributed by atoms with Gasteiger partial charge in [0.2, 0.25) is 0 Å². The van der Waals surface area contributed by atoms with Crippen LogP contribution >= 0.6 is 0 Å². The minimum atomic E-state index is -2.98. The van der Waals surface area contributed by atoms with Crippen LogP contribution in [0.25, 0.3) is 11.0 Å². The predicted molar refractivity (Wildman–Crippen MR) is 114 cm³/mol. The molecule has 1 saturated heterocycles. The van der Waals surface area contributed by atoms with E-state index in [-0.39, 0.29) is 23.7 Å². The minimum absolute atomic E-state index is 0.0352. The van der Waals surface area contributed by atoms with Crippen LogP contribution in [0.5, 0.6) is 5.75 Å². The number of benzene rings is 2. The van der Waals surface area contributed by atoms with Gasteiger partial charge in [0, 0.05) is 49.2 Å². The molecule has 1 amide bonds. The van der Waals surface area contributed by atoms with E-state index in [4.69, 9.17) is 9.72 Å². The van der Waals surface area contributed by atoms with Crippen molar-refractivity contribution in [1.82, 2.24) is 19.8 Å². The molecular formula is C24H20F2N4O2. The molecule has 0 radical (unpaired) electrons. The molecule has 4 heterocycles. The third-order valence-corrected chi connectivity index (χ3v) is 6.61. The maximum Gasteiger partial charge on any atom is 0.387 e. The Kier molecular flexibility index (Phi) is 4.24. The third kappa shape index (κ3) is 2.81. The largest absolute Gasteiger partial charge is 0.434 e. The van der Waals surface area contributed by atoms with Gasteiger partial charge in [-0.05, 0) is 30.3 Å². The minimum Gasteiger partial charge on any atom is -0.434 e. The number of alkyl halides is 2. The molecule has 6 rings (SSSR count). The molecule has 3 aliphatic rings. The molecule has 32 heavy (non-hydrogen) atoms. The highest BCUT2D eigenvalue weighted by molar-refractivity contribution is 5.97. The van der Waals surface area contributed by atoms with Gasteiger partial charge in [-0.25, -0.2) is 4.98 Å². The van der Waals surface area contributed by atoms with Crippen LogP contribution in [0.2, 0.25) is 0 Å². The summed E-state index contributed by atoms with van der Waals surface area (Å²) in [4.78, 5) is 19.6. The van der Waals surface area contributed by atoms with Gasteiger partial charge in [-0.3, -0.25) is 4.79 Å². The van der Waals surface area contributed by atoms with Crippen LogP contribution in [0, 0.1) is 17.8 Å². The van der Waals surface area contributed by atoms with E-state index < -0.39 is 6.61 Å². The van der Waals surface area contributed by atoms with Gasteiger partial charge in [0.1, 0.15) is 11.6 Å². The highest BCUT2D eigenvalue weighted by atomic mass is 19.3. The molecule has 2 aromatic carbocycles. The van der Waals surface area contributed by atoms with Crippen molar-refractivity contribution in [3.63, 3.8) is 0 Å². The van der Waals surface area contributed by atoms with Crippen molar-refractivity contribution < 1.29 is 18.3 Å². The molecule has 2 bridgehead atoms. The molecule has 6 nitrogen and oxygen atoms in total. The molecule has 1 aromatic heterocycles. The lowest BCUT2D eigenvalue weighted by Gasteiger charge is -2.24. The molecule has 0 spiro atoms. The molecule has 0 aliphatic carbocycles. The molecule has 1 fully saturated rings. The van der Waals surface area contributed by atoms with Crippen LogP contribution < -0.4 is 10.1 Å². The van der Waals surface area contributed by atoms with Crippen molar-refractivity contribution in [2.75, 3.05) is 20.1 Å². The number of imidazole rings is 1. The first-order chi connectivity index (χ1) is 15.5. The topological polar surface area (TPSA) is 59.4 Å². The van der Waals surface area contributed by atoms with Crippen molar-refractivity contribution in [1.29, 1.82) is 0 Å². The zero-order valence-electron chi connectivity index (χ0n) is 17.3. The molecule has 2 atom stereocenters. The molecule has 8 heteroatoms. The summed E-state index contributed by atoms with van der Waals surface area (Å²) in [5, 5.41) is 3.21. The molecule has 1 N–H and O–H groups in total. The van der Waals surface area contributed by atoms with Gasteiger partial charge in [0.05, 0.1) is 23.1 Å². The van der Waals surface area contributed by atoms with Crippen molar-refractivity contribution in [3.05, 3.63) is 58.9 Å². The summed E-state index contributed by atoms with van der Waals surface area (Å²) in [6, 6.07) is 10.0. The Hall–Kier alpha value is -3.44. The van der Waals surface area contributed by atoms with Gasteiger partial charge in [-0.15, -0.1) is 0 Å². The quantitative estimate of drug-likeness (QED) is 0.629. The number of amides is 1. The number of fused-ring (bicyclic) bond motifs is 9. The monoisotopic (exact) mass is 434 g/mol. The standard InChI is InChI=1S/C24H20F2N4O2/c1-29-19-10-18(21-15(23(29)31)3-2-4-20(21)32-24(25)26)30-17-9-13(5-6-14-11-27-12-14)7-8-16(17)28-22(19)30/h2-4,7-9,14,18-19,24,27H,10-12H2,1H3/t18-,19?/m1/s1. The van der Waals surface area contributed by atoms with Crippen molar-refractivity contribution >= 4 is 16.9 Å². The summed E-state index contributed by atoms with van der Waals surface area (Å²) >= 11 is 0. The Balaban J connectivity index is 1.54. The van der Waals surface area contributed by atoms with E-state index in [1.165, 1.54) is 6.07 Å². The maximum atomic E-state index is 13.2. The number of aromatic nitrogens is 2. The van der Waals surface area contributed by atoms with Crippen molar-refractivity contribution in [2.24, 2.45) is 5.92 Å². The Morgan fingerprint density at radius 3 is 2.81 bits per heavy atom. The number of rotatable bonds is 2. The van der Waals surface area contributed by atoms with Crippen LogP contribution in [-0.2, 0) is 0 Å². The zero-order chi connectivity index (χ0) is 22.0. The first kappa shape index (κ1) is 19.3. The lowest BCUT2D eigenvalue weighted by molar-refractivity contribution is -0.0507. The molecule has 1 unspecified atom stereocenters. The zero-order valence-corrected chi connectivity index (χ0v) is 17.3. The molecule has 3 aliphatic heterocycles. The molecule has 0 saturated carbocycles. The van der Waals surface area contributed by atoms with Crippen LogP contribution in [0.4, 0.5) is 8.78 Å². The summed E-state index contributed by atoms with van der Waals surface area (Å²) in [6.07, 6.45) is 0.556. The van der Waals surface area contributed by atoms with Gasteiger partial charge in [-0.1, -0.05) is 17.9 Å². The van der Waals surface area contributed by atoms with Crippen molar-refractivity contribution in [3.8, 4) is 17.6 Å². The fourth-order valence-electron chi connectivity index (χ4n) is 4.93. The normalized spacial score (nSPS) is 21.6. The van der Waals surface area contributed by atoms with Gasteiger partial charge in [0.25, 0.3) is 5.91 Å². The smallest absolute Gasteiger partial charge is 0.387 e. The first-order valence-electron chi connectivity index (χ1n) is 10.6. The van der Waals surface area contributed by atoms with Crippen LogP contribution in [0.1, 0.15) is 45.8 Å². The number of hydrogen-bond acceptors (Lipinski definition) is 4. The first-order valence-corrected chi connectivity index (χ1v) is 10.6. The van der Waals surface area contributed by atoms with Crippen molar-refractivity contribution in [2.45, 2.75) is 25.1 Å². The fraction of sp³-hybridized carbons (Fsp3) is 0.333. The van der Waals surface area contributed by atoms with Crippen LogP contribution in [0.3, 0.4) is 0 Å². The van der Waals surface area contributed by atoms with Crippen LogP contribution in [-0.4, -0.2) is 47.1 Å². The maximum absolute atomic E-state index is 13.2. The number of nitrogens with one attached hydrogen (secondary N) is 1. The van der Waals surface area contributed by atoms with Gasteiger partial charge >= 0.3 is 6.61 Å². The fourth-order valence-corrected chi connectivity index (χ4v) is 4.93. The summed E-state index contributed by atoms with van der Waals surface area (Å²) < 4.78 is 33.3. The molecule has 3 aromatic rings. The SMILES string of the molecule is CN1C(=O)c2cccc(OC(F)F)c2[C@H]2CC1c1nc3ccc(C#CC4CNC4)cc3n12.